The van der Waals surface area contributed by atoms with Crippen LogP contribution in [0, 0.1) is 17.2 Å². The molecule has 0 saturated carbocycles. The summed E-state index contributed by atoms with van der Waals surface area (Å²) in [6.45, 7) is 7.41. The highest BCUT2D eigenvalue weighted by Gasteiger charge is 2.56. The number of morpholine rings is 1. The first-order valence-electron chi connectivity index (χ1n) is 14.4. The molecule has 0 radical (unpaired) electrons. The Balaban J connectivity index is 1.32. The second-order valence-corrected chi connectivity index (χ2v) is 14.2. The number of esters is 1. The smallest absolute Gasteiger partial charge is 0.335 e. The first-order valence-corrected chi connectivity index (χ1v) is 15.9. The van der Waals surface area contributed by atoms with E-state index >= 15 is 0 Å². The maximum Gasteiger partial charge on any atom is 0.335 e. The number of nitrogens with one attached hydrogen (secondary N) is 3. The van der Waals surface area contributed by atoms with E-state index in [4.69, 9.17) is 14.2 Å². The zero-order valence-electron chi connectivity index (χ0n) is 24.3. The van der Waals surface area contributed by atoms with E-state index in [0.717, 1.165) is 0 Å². The number of nitriles is 1. The summed E-state index contributed by atoms with van der Waals surface area (Å²) in [5.74, 6) is -1.01. The molecule has 5 atom stereocenters. The van der Waals surface area contributed by atoms with Crippen molar-refractivity contribution >= 4 is 27.6 Å². The number of hydrogen-bond donors (Lipinski definition) is 3. The number of rotatable bonds is 7. The van der Waals surface area contributed by atoms with Gasteiger partial charge in [0.2, 0.25) is 15.9 Å². The fraction of sp³-hybridized carbons (Fsp3) is 0.679. The molecule has 0 aromatic heterocycles. The van der Waals surface area contributed by atoms with Gasteiger partial charge >= 0.3 is 5.97 Å². The quantitative estimate of drug-likeness (QED) is 0.380. The molecule has 4 saturated heterocycles. The van der Waals surface area contributed by atoms with Crippen LogP contribution < -0.4 is 16.1 Å². The van der Waals surface area contributed by atoms with E-state index in [2.05, 4.69) is 22.1 Å². The SMILES string of the molecule is CC(C)(C)OC(=O)[C@@H]1CC[C@@](CC#N)(N2NC(Nc3ccc(S(=O)(=O)N4CCOCC4)cc3)C3C(=O)NCCC32)CO1. The van der Waals surface area contributed by atoms with Crippen molar-refractivity contribution in [3.05, 3.63) is 24.3 Å². The van der Waals surface area contributed by atoms with Crippen LogP contribution in [-0.2, 0) is 33.8 Å². The normalized spacial score (nSPS) is 31.0. The van der Waals surface area contributed by atoms with Gasteiger partial charge < -0.3 is 24.8 Å². The molecule has 1 amide bonds. The van der Waals surface area contributed by atoms with Crippen LogP contribution in [0.4, 0.5) is 5.69 Å². The number of ether oxygens (including phenoxy) is 3. The fourth-order valence-electron chi connectivity index (χ4n) is 6.18. The zero-order chi connectivity index (χ0) is 30.1. The minimum Gasteiger partial charge on any atom is -0.458 e. The summed E-state index contributed by atoms with van der Waals surface area (Å²) < 4.78 is 44.3. The maximum atomic E-state index is 13.1. The summed E-state index contributed by atoms with van der Waals surface area (Å²) in [5, 5.41) is 18.1. The van der Waals surface area contributed by atoms with Crippen molar-refractivity contribution in [2.24, 2.45) is 5.92 Å². The standard InChI is InChI=1S/C28H40N6O7S/c1-27(2,3)41-26(36)22-8-10-28(11-12-29,18-40-22)34-21-9-13-30-25(35)23(21)24(32-34)31-19-4-6-20(7-5-19)42(37,38)33-14-16-39-17-15-33/h4-7,21-24,31-32H,8-11,13-18H2,1-3H3,(H,30,35)/t21?,22-,23?,24?,28-/m0/s1. The lowest BCUT2D eigenvalue weighted by molar-refractivity contribution is -0.180. The summed E-state index contributed by atoms with van der Waals surface area (Å²) in [5.41, 5.74) is 2.72. The number of amides is 1. The first kappa shape index (κ1) is 30.7. The van der Waals surface area contributed by atoms with Gasteiger partial charge in [0.05, 0.1) is 48.7 Å². The van der Waals surface area contributed by atoms with E-state index < -0.39 is 45.3 Å². The van der Waals surface area contributed by atoms with Crippen molar-refractivity contribution in [3.63, 3.8) is 0 Å². The van der Waals surface area contributed by atoms with Crippen LogP contribution >= 0.6 is 0 Å². The maximum absolute atomic E-state index is 13.1. The molecule has 4 aliphatic rings. The molecule has 4 fully saturated rings. The highest BCUT2D eigenvalue weighted by atomic mass is 32.2. The van der Waals surface area contributed by atoms with Crippen LogP contribution in [-0.4, -0.2) is 98.5 Å². The Morgan fingerprint density at radius 2 is 1.93 bits per heavy atom. The molecule has 230 valence electrons. The molecule has 0 bridgehead atoms. The second kappa shape index (κ2) is 12.1. The molecule has 5 rings (SSSR count). The topological polar surface area (TPSA) is 162 Å². The molecule has 0 aliphatic carbocycles. The van der Waals surface area contributed by atoms with E-state index in [-0.39, 0.29) is 29.9 Å². The van der Waals surface area contributed by atoms with Crippen LogP contribution in [0.3, 0.4) is 0 Å². The summed E-state index contributed by atoms with van der Waals surface area (Å²) >= 11 is 0. The fourth-order valence-corrected chi connectivity index (χ4v) is 7.59. The molecule has 1 aromatic carbocycles. The molecule has 13 nitrogen and oxygen atoms in total. The Hall–Kier alpha value is -2.80. The summed E-state index contributed by atoms with van der Waals surface area (Å²) in [7, 11) is -3.63. The van der Waals surface area contributed by atoms with Gasteiger partial charge in [-0.25, -0.2) is 23.6 Å². The Bertz CT molecular complexity index is 1300. The number of sulfonamides is 1. The molecule has 42 heavy (non-hydrogen) atoms. The Labute approximate surface area is 246 Å². The molecule has 3 unspecified atom stereocenters. The number of fused-ring (bicyclic) bond motifs is 1. The molecule has 1 aromatic rings. The molecule has 4 heterocycles. The Morgan fingerprint density at radius 3 is 2.55 bits per heavy atom. The largest absolute Gasteiger partial charge is 0.458 e. The minimum atomic E-state index is -3.63. The van der Waals surface area contributed by atoms with E-state index in [0.29, 0.717) is 57.8 Å². The molecule has 14 heteroatoms. The van der Waals surface area contributed by atoms with Gasteiger partial charge in [-0.3, -0.25) is 4.79 Å². The third-order valence-electron chi connectivity index (χ3n) is 8.22. The van der Waals surface area contributed by atoms with E-state index in [1.807, 2.05) is 5.01 Å². The lowest BCUT2D eigenvalue weighted by Crippen LogP contribution is -2.63. The van der Waals surface area contributed by atoms with Gasteiger partial charge in [-0.1, -0.05) is 0 Å². The minimum absolute atomic E-state index is 0.110. The third kappa shape index (κ3) is 6.27. The van der Waals surface area contributed by atoms with Gasteiger partial charge in [-0.2, -0.15) is 9.57 Å². The zero-order valence-corrected chi connectivity index (χ0v) is 25.1. The predicted octanol–water partition coefficient (Wildman–Crippen LogP) is 0.944. The lowest BCUT2D eigenvalue weighted by atomic mass is 9.83. The number of piperidine rings is 1. The highest BCUT2D eigenvalue weighted by Crippen LogP contribution is 2.40. The van der Waals surface area contributed by atoms with Gasteiger partial charge in [0, 0.05) is 31.4 Å². The van der Waals surface area contributed by atoms with Gasteiger partial charge in [0.15, 0.2) is 6.10 Å². The van der Waals surface area contributed by atoms with Gasteiger partial charge in [0.1, 0.15) is 11.8 Å². The van der Waals surface area contributed by atoms with Crippen LogP contribution in [0.1, 0.15) is 46.5 Å². The van der Waals surface area contributed by atoms with Crippen molar-refractivity contribution in [2.75, 3.05) is 44.8 Å². The van der Waals surface area contributed by atoms with Crippen LogP contribution in [0.15, 0.2) is 29.2 Å². The highest BCUT2D eigenvalue weighted by molar-refractivity contribution is 7.89. The van der Waals surface area contributed by atoms with Gasteiger partial charge in [-0.15, -0.1) is 0 Å². The number of carbonyl (C=O) groups is 2. The number of hydrogen-bond acceptors (Lipinski definition) is 11. The van der Waals surface area contributed by atoms with E-state index in [9.17, 15) is 23.3 Å². The summed E-state index contributed by atoms with van der Waals surface area (Å²) in [4.78, 5) is 26.0. The summed E-state index contributed by atoms with van der Waals surface area (Å²) in [6.07, 6.45) is 0.466. The average Bonchev–Trinajstić information content (AvgIpc) is 3.33. The molecular weight excluding hydrogens is 564 g/mol. The number of hydrazine groups is 1. The van der Waals surface area contributed by atoms with Crippen molar-refractivity contribution in [2.45, 2.75) is 80.8 Å². The molecular formula is C28H40N6O7S. The Morgan fingerprint density at radius 1 is 1.21 bits per heavy atom. The lowest BCUT2D eigenvalue weighted by Gasteiger charge is -2.47. The van der Waals surface area contributed by atoms with E-state index in [1.54, 1.807) is 45.0 Å². The third-order valence-corrected chi connectivity index (χ3v) is 10.1. The van der Waals surface area contributed by atoms with E-state index in [1.165, 1.54) is 4.31 Å². The monoisotopic (exact) mass is 604 g/mol. The number of anilines is 1. The van der Waals surface area contributed by atoms with Crippen LogP contribution in [0.2, 0.25) is 0 Å². The van der Waals surface area contributed by atoms with Crippen molar-refractivity contribution < 1.29 is 32.2 Å². The van der Waals surface area contributed by atoms with Gasteiger partial charge in [-0.05, 0) is 64.3 Å². The van der Waals surface area contributed by atoms with Crippen molar-refractivity contribution in [3.8, 4) is 6.07 Å². The van der Waals surface area contributed by atoms with Crippen LogP contribution in [0.5, 0.6) is 0 Å². The average molecular weight is 605 g/mol. The van der Waals surface area contributed by atoms with Gasteiger partial charge in [0.25, 0.3) is 0 Å². The summed E-state index contributed by atoms with van der Waals surface area (Å²) in [6, 6.07) is 8.56. The number of carbonyl (C=O) groups excluding carboxylic acids is 2. The predicted molar refractivity (Wildman–Crippen MR) is 151 cm³/mol. The van der Waals surface area contributed by atoms with Crippen molar-refractivity contribution in [1.29, 1.82) is 5.26 Å². The number of nitrogens with zero attached hydrogens (tertiary/aromatic N) is 3. The molecule has 4 aliphatic heterocycles. The molecule has 3 N–H and O–H groups in total. The second-order valence-electron chi connectivity index (χ2n) is 12.3. The Kier molecular flexibility index (Phi) is 8.80. The van der Waals surface area contributed by atoms with Crippen LogP contribution in [0.25, 0.3) is 0 Å². The number of benzene rings is 1. The first-order chi connectivity index (χ1) is 19.9. The van der Waals surface area contributed by atoms with Crippen molar-refractivity contribution in [1.82, 2.24) is 20.1 Å². The molecule has 0 spiro atoms.